The van der Waals surface area contributed by atoms with E-state index >= 15 is 4.79 Å². The van der Waals surface area contributed by atoms with E-state index < -0.39 is 10.8 Å². The van der Waals surface area contributed by atoms with Crippen LogP contribution in [0.5, 0.6) is 0 Å². The molecule has 2 aromatic carbocycles. The number of carbonyl (C=O) groups is 4. The van der Waals surface area contributed by atoms with Gasteiger partial charge in [0.25, 0.3) is 0 Å². The molecule has 2 fully saturated rings. The summed E-state index contributed by atoms with van der Waals surface area (Å²) in [6.45, 7) is 8.96. The largest absolute Gasteiger partial charge is 0.294 e. The summed E-state index contributed by atoms with van der Waals surface area (Å²) in [5.74, 6) is -1.83. The second-order valence-corrected chi connectivity index (χ2v) is 17.9. The highest BCUT2D eigenvalue weighted by molar-refractivity contribution is 6.30. The van der Waals surface area contributed by atoms with Crippen LogP contribution in [-0.4, -0.2) is 23.1 Å². The van der Waals surface area contributed by atoms with E-state index in [0.717, 1.165) is 76.2 Å². The Morgan fingerprint density at radius 1 is 0.482 bits per heavy atom. The fourth-order valence-corrected chi connectivity index (χ4v) is 12.1. The maximum absolute atomic E-state index is 15.1. The van der Waals surface area contributed by atoms with E-state index in [-0.39, 0.29) is 46.8 Å². The van der Waals surface area contributed by atoms with Crippen molar-refractivity contribution in [1.82, 2.24) is 0 Å². The molecule has 0 aliphatic heterocycles. The number of ketones is 4. The smallest absolute Gasteiger partial charge is 0.183 e. The number of rotatable bonds is 22. The van der Waals surface area contributed by atoms with Crippen molar-refractivity contribution in [2.75, 3.05) is 0 Å². The number of hydrogen-bond donors (Lipinski definition) is 0. The highest BCUT2D eigenvalue weighted by atomic mass is 16.2. The van der Waals surface area contributed by atoms with Crippen LogP contribution < -0.4 is 0 Å². The summed E-state index contributed by atoms with van der Waals surface area (Å²) in [5, 5.41) is 0. The van der Waals surface area contributed by atoms with Crippen LogP contribution in [0.1, 0.15) is 176 Å². The first-order valence-electron chi connectivity index (χ1n) is 22.8. The van der Waals surface area contributed by atoms with Gasteiger partial charge in [0, 0.05) is 23.0 Å². The summed E-state index contributed by atoms with van der Waals surface area (Å²) < 4.78 is 0. The minimum absolute atomic E-state index is 0.0218. The predicted molar refractivity (Wildman–Crippen MR) is 227 cm³/mol. The Labute approximate surface area is 337 Å². The van der Waals surface area contributed by atoms with Crippen molar-refractivity contribution in [3.05, 3.63) is 105 Å². The summed E-state index contributed by atoms with van der Waals surface area (Å²) in [7, 11) is 0. The third kappa shape index (κ3) is 6.69. The van der Waals surface area contributed by atoms with Gasteiger partial charge in [-0.15, -0.1) is 0 Å². The Hall–Kier alpha value is -3.66. The number of hydrogen-bond acceptors (Lipinski definition) is 4. The Balaban J connectivity index is 1.44. The summed E-state index contributed by atoms with van der Waals surface area (Å²) in [6, 6.07) is 14.0. The van der Waals surface area contributed by atoms with Crippen LogP contribution in [0.3, 0.4) is 0 Å². The minimum Gasteiger partial charge on any atom is -0.294 e. The minimum atomic E-state index is -1.30. The molecule has 0 aromatic heterocycles. The quantitative estimate of drug-likeness (QED) is 0.0886. The van der Waals surface area contributed by atoms with Crippen molar-refractivity contribution < 1.29 is 19.2 Å². The summed E-state index contributed by atoms with van der Waals surface area (Å²) in [6.07, 6.45) is 28.1. The van der Waals surface area contributed by atoms with Crippen molar-refractivity contribution in [2.45, 2.75) is 168 Å². The van der Waals surface area contributed by atoms with Crippen molar-refractivity contribution in [3.63, 3.8) is 0 Å². The molecular weight excluding hydrogens is 689 g/mol. The van der Waals surface area contributed by atoms with E-state index in [1.54, 1.807) is 0 Å². The van der Waals surface area contributed by atoms with Crippen LogP contribution in [-0.2, 0) is 44.9 Å². The van der Waals surface area contributed by atoms with Crippen LogP contribution in [0.2, 0.25) is 0 Å². The van der Waals surface area contributed by atoms with Crippen LogP contribution in [0, 0.1) is 22.7 Å². The van der Waals surface area contributed by atoms with Gasteiger partial charge < -0.3 is 0 Å². The SMILES string of the molecule is CCCCCCc1ccc(CCCCCC)c([C@@H]2[C@@H]3C4=C(C(=O)C=CC4=O)C45C(=O)C=CC(=O)C4([C@H]3c3cc(CCCCCC)ccc3CCCCCC)[C@@H]25)c1. The third-order valence-electron chi connectivity index (χ3n) is 14.6. The topological polar surface area (TPSA) is 68.3 Å². The lowest BCUT2D eigenvalue weighted by molar-refractivity contribution is -0.131. The molecule has 0 radical (unpaired) electrons. The monoisotopic (exact) mass is 754 g/mol. The van der Waals surface area contributed by atoms with E-state index in [1.165, 1.54) is 110 Å². The van der Waals surface area contributed by atoms with Crippen molar-refractivity contribution >= 4 is 23.1 Å². The molecule has 56 heavy (non-hydrogen) atoms. The third-order valence-corrected chi connectivity index (χ3v) is 14.6. The Kier molecular flexibility index (Phi) is 12.6. The molecule has 0 N–H and O–H groups in total. The van der Waals surface area contributed by atoms with Gasteiger partial charge >= 0.3 is 0 Å². The lowest BCUT2D eigenvalue weighted by Crippen LogP contribution is -2.49. The summed E-state index contributed by atoms with van der Waals surface area (Å²) in [5.41, 5.74) is 6.00. The van der Waals surface area contributed by atoms with Crippen LogP contribution in [0.4, 0.5) is 0 Å². The molecular formula is C52H66O4. The predicted octanol–water partition coefficient (Wildman–Crippen LogP) is 12.0. The van der Waals surface area contributed by atoms with Gasteiger partial charge in [-0.25, -0.2) is 0 Å². The van der Waals surface area contributed by atoms with Gasteiger partial charge in [-0.05, 0) is 121 Å². The Bertz CT molecular complexity index is 1920. The van der Waals surface area contributed by atoms with Crippen LogP contribution in [0.15, 0.2) is 71.8 Å². The first-order valence-corrected chi connectivity index (χ1v) is 22.8. The Morgan fingerprint density at radius 2 is 0.964 bits per heavy atom. The van der Waals surface area contributed by atoms with Crippen LogP contribution >= 0.6 is 0 Å². The van der Waals surface area contributed by atoms with E-state index in [0.29, 0.717) is 11.1 Å². The maximum Gasteiger partial charge on any atom is 0.183 e. The van der Waals surface area contributed by atoms with E-state index in [2.05, 4.69) is 64.1 Å². The fourth-order valence-electron chi connectivity index (χ4n) is 12.1. The molecule has 4 nitrogen and oxygen atoms in total. The van der Waals surface area contributed by atoms with Gasteiger partial charge in [0.15, 0.2) is 23.1 Å². The van der Waals surface area contributed by atoms with Crippen molar-refractivity contribution in [2.24, 2.45) is 22.7 Å². The zero-order chi connectivity index (χ0) is 39.5. The summed E-state index contributed by atoms with van der Waals surface area (Å²) in [4.78, 5) is 58.6. The molecule has 298 valence electrons. The standard InChI is InChI=1S/C52H66O4/c1-5-9-13-17-21-35-25-27-37(23-19-15-11-7-3)39(33-35)45-47-46-41(53)29-30-42(54)49(46)52-44(56)32-31-43(55)51(52,50(45)52)48(47)40-34-36(22-18-14-10-6-2)26-28-38(40)24-20-16-12-8-4/h25-34,45,47-48,50H,5-24H2,1-4H3/t45-,47-,48+,50-,51?,52?/m1/s1. The van der Waals surface area contributed by atoms with Gasteiger partial charge in [-0.3, -0.25) is 19.2 Å². The maximum atomic E-state index is 15.1. The zero-order valence-corrected chi connectivity index (χ0v) is 34.9. The molecule has 0 amide bonds. The number of allylic oxidation sites excluding steroid dienone is 6. The molecule has 0 heterocycles. The normalized spacial score (nSPS) is 27.0. The molecule has 6 atom stereocenters. The van der Waals surface area contributed by atoms with Crippen LogP contribution in [0.25, 0.3) is 0 Å². The lowest BCUT2D eigenvalue weighted by Gasteiger charge is -2.47. The molecule has 0 saturated heterocycles. The average Bonchev–Trinajstić information content (AvgIpc) is 3.77. The second kappa shape index (κ2) is 17.5. The summed E-state index contributed by atoms with van der Waals surface area (Å²) >= 11 is 0. The first kappa shape index (κ1) is 40.5. The highest BCUT2D eigenvalue weighted by Crippen LogP contribution is 2.93. The van der Waals surface area contributed by atoms with Gasteiger partial charge in [0.2, 0.25) is 0 Å². The number of benzene rings is 2. The zero-order valence-electron chi connectivity index (χ0n) is 34.9. The van der Waals surface area contributed by atoms with E-state index in [4.69, 9.17) is 0 Å². The fraction of sp³-hybridized carbons (Fsp3) is 0.577. The molecule has 4 heteroatoms. The molecule has 6 aliphatic carbocycles. The molecule has 2 saturated carbocycles. The number of aryl methyl sites for hydroxylation is 4. The van der Waals surface area contributed by atoms with E-state index in [1.807, 2.05) is 0 Å². The lowest BCUT2D eigenvalue weighted by atomic mass is 9.52. The molecule has 2 unspecified atom stereocenters. The number of unbranched alkanes of at least 4 members (excludes halogenated alkanes) is 12. The first-order chi connectivity index (χ1) is 27.3. The molecule has 2 spiro atoms. The molecule has 6 aliphatic rings. The van der Waals surface area contributed by atoms with E-state index in [9.17, 15) is 14.4 Å². The average molecular weight is 755 g/mol. The molecule has 4 bridgehead atoms. The van der Waals surface area contributed by atoms with Crippen molar-refractivity contribution in [1.29, 1.82) is 0 Å². The number of carbonyl (C=O) groups excluding carboxylic acids is 4. The van der Waals surface area contributed by atoms with Crippen molar-refractivity contribution in [3.8, 4) is 0 Å². The van der Waals surface area contributed by atoms with Gasteiger partial charge in [0.1, 0.15) is 0 Å². The second-order valence-electron chi connectivity index (χ2n) is 17.9. The van der Waals surface area contributed by atoms with Gasteiger partial charge in [0.05, 0.1) is 10.8 Å². The molecule has 2 aromatic rings. The Morgan fingerprint density at radius 3 is 1.52 bits per heavy atom. The highest BCUT2D eigenvalue weighted by Gasteiger charge is 2.96. The van der Waals surface area contributed by atoms with Gasteiger partial charge in [-0.1, -0.05) is 141 Å². The molecule has 8 rings (SSSR count). The van der Waals surface area contributed by atoms with Gasteiger partial charge in [-0.2, -0.15) is 0 Å².